The number of nitrogen functional groups attached to an aromatic ring is 2. The highest BCUT2D eigenvalue weighted by molar-refractivity contribution is 7.89. The highest BCUT2D eigenvalue weighted by atomic mass is 32.2. The van der Waals surface area contributed by atoms with Crippen molar-refractivity contribution in [2.75, 3.05) is 31.7 Å². The number of sulfonamides is 1. The summed E-state index contributed by atoms with van der Waals surface area (Å²) in [5.41, 5.74) is 10.6. The fourth-order valence-corrected chi connectivity index (χ4v) is 5.72. The quantitative estimate of drug-likeness (QED) is 0.134. The van der Waals surface area contributed by atoms with Crippen molar-refractivity contribution >= 4 is 60.2 Å². The zero-order chi connectivity index (χ0) is 30.5. The lowest BCUT2D eigenvalue weighted by atomic mass is 10.2. The van der Waals surface area contributed by atoms with E-state index < -0.39 is 42.4 Å². The minimum absolute atomic E-state index is 0.0505. The van der Waals surface area contributed by atoms with Gasteiger partial charge in [-0.15, -0.1) is 15.3 Å². The van der Waals surface area contributed by atoms with Crippen molar-refractivity contribution in [2.45, 2.75) is 23.6 Å². The molecule has 41 heavy (non-hydrogen) atoms. The van der Waals surface area contributed by atoms with Gasteiger partial charge in [-0.2, -0.15) is 17.8 Å². The summed E-state index contributed by atoms with van der Waals surface area (Å²) < 4.78 is 66.3. The standard InChI is InChI=1S/C24H27N7O8S2/c1-4-31(5-2)40(34,35)16-9-10-19(39-3)17(12-16)28-30-23-21(25)18(13-20(22(23)26)41(36,37)38)29-27-15-8-6-7-14(11-15)24(32)33/h6-13H,4-5,25-26H2,1-3H3,(H,32,33)(H,36,37,38)/b29-27+,30-28+. The summed E-state index contributed by atoms with van der Waals surface area (Å²) in [7, 11) is -7.45. The molecular weight excluding hydrogens is 578 g/mol. The van der Waals surface area contributed by atoms with Gasteiger partial charge in [0.05, 0.1) is 34.6 Å². The molecule has 0 aliphatic rings. The van der Waals surface area contributed by atoms with Crippen molar-refractivity contribution in [1.29, 1.82) is 0 Å². The van der Waals surface area contributed by atoms with Gasteiger partial charge in [-0.25, -0.2) is 13.2 Å². The Balaban J connectivity index is 2.17. The Hall–Kier alpha value is -4.45. The lowest BCUT2D eigenvalue weighted by Gasteiger charge is -2.18. The van der Waals surface area contributed by atoms with Crippen molar-refractivity contribution < 1.29 is 36.0 Å². The summed E-state index contributed by atoms with van der Waals surface area (Å²) in [5, 5.41) is 24.9. The van der Waals surface area contributed by atoms with Gasteiger partial charge in [0.1, 0.15) is 27.7 Å². The molecule has 15 nitrogen and oxygen atoms in total. The average molecular weight is 606 g/mol. The molecule has 3 rings (SSSR count). The minimum atomic E-state index is -4.90. The molecule has 0 saturated heterocycles. The molecule has 218 valence electrons. The van der Waals surface area contributed by atoms with E-state index in [2.05, 4.69) is 20.5 Å². The predicted octanol–water partition coefficient (Wildman–Crippen LogP) is 4.67. The molecule has 0 aliphatic heterocycles. The Morgan fingerprint density at radius 1 is 0.902 bits per heavy atom. The maximum absolute atomic E-state index is 13.0. The molecule has 3 aromatic rings. The first-order valence-electron chi connectivity index (χ1n) is 11.8. The van der Waals surface area contributed by atoms with Crippen LogP contribution in [0.5, 0.6) is 5.75 Å². The summed E-state index contributed by atoms with van der Waals surface area (Å²) in [6.07, 6.45) is 0. The zero-order valence-electron chi connectivity index (χ0n) is 22.1. The number of nitrogens with two attached hydrogens (primary N) is 2. The first-order valence-corrected chi connectivity index (χ1v) is 14.7. The van der Waals surface area contributed by atoms with Crippen LogP contribution < -0.4 is 16.2 Å². The number of carbonyl (C=O) groups is 1. The van der Waals surface area contributed by atoms with Crippen LogP contribution in [-0.4, -0.2) is 57.0 Å². The molecule has 6 N–H and O–H groups in total. The number of anilines is 2. The molecule has 0 atom stereocenters. The fraction of sp³-hybridized carbons (Fsp3) is 0.208. The highest BCUT2D eigenvalue weighted by Crippen LogP contribution is 2.44. The van der Waals surface area contributed by atoms with Gasteiger partial charge in [-0.1, -0.05) is 19.9 Å². The first kappa shape index (κ1) is 31.1. The number of methoxy groups -OCH3 is 1. The van der Waals surface area contributed by atoms with Gasteiger partial charge in [0.15, 0.2) is 0 Å². The molecule has 0 radical (unpaired) electrons. The van der Waals surface area contributed by atoms with Gasteiger partial charge in [0.25, 0.3) is 10.1 Å². The maximum Gasteiger partial charge on any atom is 0.335 e. The van der Waals surface area contributed by atoms with Crippen molar-refractivity contribution in [3.8, 4) is 5.75 Å². The van der Waals surface area contributed by atoms with Gasteiger partial charge in [-0.3, -0.25) is 4.55 Å². The van der Waals surface area contributed by atoms with Crippen LogP contribution in [0.3, 0.4) is 0 Å². The molecule has 0 aliphatic carbocycles. The van der Waals surface area contributed by atoms with Crippen molar-refractivity contribution in [3.05, 3.63) is 54.1 Å². The number of hydrogen-bond donors (Lipinski definition) is 4. The topological polar surface area (TPSA) is 240 Å². The summed E-state index contributed by atoms with van der Waals surface area (Å²) in [6, 6.07) is 10.2. The SMILES string of the molecule is CCN(CC)S(=O)(=O)c1ccc(OC)c(/N=N/c2c(N)c(/N=N/c3cccc(C(=O)O)c3)cc(S(=O)(=O)O)c2N)c1. The lowest BCUT2D eigenvalue weighted by molar-refractivity contribution is 0.0697. The number of benzene rings is 3. The number of ether oxygens (including phenoxy) is 1. The average Bonchev–Trinajstić information content (AvgIpc) is 2.92. The first-order chi connectivity index (χ1) is 19.2. The van der Waals surface area contributed by atoms with Crippen LogP contribution in [0.25, 0.3) is 0 Å². The molecule has 0 spiro atoms. The van der Waals surface area contributed by atoms with Gasteiger partial charge in [0.2, 0.25) is 10.0 Å². The second kappa shape index (κ2) is 12.4. The third kappa shape index (κ3) is 6.83. The molecule has 0 aromatic heterocycles. The molecule has 0 saturated carbocycles. The minimum Gasteiger partial charge on any atom is -0.494 e. The zero-order valence-corrected chi connectivity index (χ0v) is 23.7. The fourth-order valence-electron chi connectivity index (χ4n) is 3.60. The second-order valence-electron chi connectivity index (χ2n) is 8.22. The summed E-state index contributed by atoms with van der Waals surface area (Å²) in [5.74, 6) is -1.07. The molecule has 0 unspecified atom stereocenters. The molecule has 0 fully saturated rings. The smallest absolute Gasteiger partial charge is 0.335 e. The van der Waals surface area contributed by atoms with Crippen LogP contribution in [0, 0.1) is 0 Å². The maximum atomic E-state index is 13.0. The van der Waals surface area contributed by atoms with E-state index in [-0.39, 0.29) is 52.0 Å². The largest absolute Gasteiger partial charge is 0.494 e. The summed E-state index contributed by atoms with van der Waals surface area (Å²) >= 11 is 0. The van der Waals surface area contributed by atoms with Crippen LogP contribution in [0.4, 0.5) is 34.1 Å². The Morgan fingerprint density at radius 3 is 2.15 bits per heavy atom. The Labute approximate surface area is 236 Å². The second-order valence-corrected chi connectivity index (χ2v) is 11.6. The predicted molar refractivity (Wildman–Crippen MR) is 150 cm³/mol. The number of carboxylic acids is 1. The molecule has 17 heteroatoms. The van der Waals surface area contributed by atoms with E-state index in [0.29, 0.717) is 0 Å². The van der Waals surface area contributed by atoms with E-state index in [4.69, 9.17) is 21.3 Å². The molecular formula is C24H27N7O8S2. The highest BCUT2D eigenvalue weighted by Gasteiger charge is 2.24. The molecule has 0 heterocycles. The number of hydrogen-bond acceptors (Lipinski definition) is 12. The van der Waals surface area contributed by atoms with E-state index in [1.54, 1.807) is 13.8 Å². The monoisotopic (exact) mass is 605 g/mol. The van der Waals surface area contributed by atoms with Crippen LogP contribution in [-0.2, 0) is 20.1 Å². The number of nitrogens with zero attached hydrogens (tertiary/aromatic N) is 5. The van der Waals surface area contributed by atoms with Gasteiger partial charge < -0.3 is 21.3 Å². The normalized spacial score (nSPS) is 12.4. The number of rotatable bonds is 11. The van der Waals surface area contributed by atoms with Crippen molar-refractivity contribution in [3.63, 3.8) is 0 Å². The third-order valence-electron chi connectivity index (χ3n) is 5.71. The number of aromatic carboxylic acids is 1. The van der Waals surface area contributed by atoms with Gasteiger partial charge >= 0.3 is 5.97 Å². The lowest BCUT2D eigenvalue weighted by Crippen LogP contribution is -2.30. The summed E-state index contributed by atoms with van der Waals surface area (Å²) in [4.78, 5) is 10.3. The van der Waals surface area contributed by atoms with E-state index >= 15 is 0 Å². The molecule has 0 bridgehead atoms. The molecule has 0 amide bonds. The van der Waals surface area contributed by atoms with Gasteiger partial charge in [0, 0.05) is 13.1 Å². The van der Waals surface area contributed by atoms with Gasteiger partial charge in [-0.05, 0) is 42.5 Å². The third-order valence-corrected chi connectivity index (χ3v) is 8.65. The molecule has 3 aromatic carbocycles. The van der Waals surface area contributed by atoms with Crippen LogP contribution in [0.15, 0.2) is 78.8 Å². The van der Waals surface area contributed by atoms with Crippen molar-refractivity contribution in [1.82, 2.24) is 4.31 Å². The number of carboxylic acid groups (broad SMARTS) is 1. The van der Waals surface area contributed by atoms with Crippen molar-refractivity contribution in [2.24, 2.45) is 20.5 Å². The van der Waals surface area contributed by atoms with E-state index in [0.717, 1.165) is 6.07 Å². The Morgan fingerprint density at radius 2 is 1.56 bits per heavy atom. The van der Waals surface area contributed by atoms with E-state index in [9.17, 15) is 26.2 Å². The van der Waals surface area contributed by atoms with E-state index in [1.807, 2.05) is 0 Å². The van der Waals surface area contributed by atoms with E-state index in [1.165, 1.54) is 53.9 Å². The van der Waals surface area contributed by atoms with Crippen LogP contribution in [0.1, 0.15) is 24.2 Å². The number of azo groups is 2. The Kier molecular flexibility index (Phi) is 9.38. The Bertz CT molecular complexity index is 1750. The van der Waals surface area contributed by atoms with Crippen LogP contribution in [0.2, 0.25) is 0 Å². The van der Waals surface area contributed by atoms with Crippen LogP contribution >= 0.6 is 0 Å². The summed E-state index contributed by atoms with van der Waals surface area (Å²) in [6.45, 7) is 3.84.